The lowest BCUT2D eigenvalue weighted by Gasteiger charge is -2.44. The Morgan fingerprint density at radius 2 is 1.83 bits per heavy atom. The molecule has 24 heavy (non-hydrogen) atoms. The van der Waals surface area contributed by atoms with Gasteiger partial charge in [-0.25, -0.2) is 8.42 Å². The van der Waals surface area contributed by atoms with Crippen LogP contribution in [0.1, 0.15) is 30.6 Å². The first-order valence-corrected chi connectivity index (χ1v) is 9.93. The van der Waals surface area contributed by atoms with E-state index in [9.17, 15) is 18.0 Å². The average molecular weight is 354 g/mol. The number of hydrogen-bond donors (Lipinski definition) is 0. The minimum atomic E-state index is -3.27. The van der Waals surface area contributed by atoms with Crippen molar-refractivity contribution in [2.24, 2.45) is 5.92 Å². The van der Waals surface area contributed by atoms with Crippen LogP contribution in [0.25, 0.3) is 0 Å². The Hall–Kier alpha value is -1.83. The van der Waals surface area contributed by atoms with Gasteiger partial charge in [0.25, 0.3) is 5.91 Å². The fraction of sp³-hybridized carbons (Fsp3) is 0.625. The number of sulfone groups is 1. The summed E-state index contributed by atoms with van der Waals surface area (Å²) in [5.74, 6) is -0.234. The second-order valence-electron chi connectivity index (χ2n) is 6.91. The van der Waals surface area contributed by atoms with Crippen LogP contribution in [0.5, 0.6) is 0 Å². The van der Waals surface area contributed by atoms with Crippen LogP contribution in [0.4, 0.5) is 0 Å². The molecular weight excluding hydrogens is 332 g/mol. The number of piperazine rings is 1. The Bertz CT molecular complexity index is 726. The van der Waals surface area contributed by atoms with Gasteiger partial charge in [0.15, 0.2) is 9.84 Å². The highest BCUT2D eigenvalue weighted by molar-refractivity contribution is 7.91. The monoisotopic (exact) mass is 354 g/mol. The molecule has 1 aromatic heterocycles. The van der Waals surface area contributed by atoms with Crippen molar-refractivity contribution in [3.05, 3.63) is 24.2 Å². The van der Waals surface area contributed by atoms with Crippen LogP contribution in [-0.4, -0.2) is 66.7 Å². The summed E-state index contributed by atoms with van der Waals surface area (Å²) in [5.41, 5.74) is 0.403. The molecule has 2 atom stereocenters. The van der Waals surface area contributed by atoms with Gasteiger partial charge in [0.05, 0.1) is 35.4 Å². The van der Waals surface area contributed by atoms with Crippen LogP contribution >= 0.6 is 0 Å². The first-order valence-electron chi connectivity index (χ1n) is 8.11. The molecule has 2 saturated heterocycles. The standard InChI is InChI=1S/C16H22N2O5S/c1-11(2)7-15(19)17-4-5-18(16(20)12-3-6-23-8-12)14-10-24(21,22)9-13(14)17/h3,6,8,11,13-14H,4-5,7,9-10H2,1-2H3/t13-,14+/m0/s1. The van der Waals surface area contributed by atoms with E-state index in [2.05, 4.69) is 0 Å². The number of carbonyl (C=O) groups is 2. The summed E-state index contributed by atoms with van der Waals surface area (Å²) in [7, 11) is -3.27. The molecular formula is C16H22N2O5S. The van der Waals surface area contributed by atoms with Crippen LogP contribution in [0.15, 0.2) is 23.0 Å². The molecule has 0 aliphatic carbocycles. The van der Waals surface area contributed by atoms with Crippen molar-refractivity contribution in [2.45, 2.75) is 32.4 Å². The minimum absolute atomic E-state index is 0.0347. The number of rotatable bonds is 3. The Morgan fingerprint density at radius 1 is 1.21 bits per heavy atom. The molecule has 0 saturated carbocycles. The Kier molecular flexibility index (Phi) is 4.42. The second kappa shape index (κ2) is 6.23. The van der Waals surface area contributed by atoms with Gasteiger partial charge in [-0.3, -0.25) is 9.59 Å². The van der Waals surface area contributed by atoms with Crippen LogP contribution < -0.4 is 0 Å². The summed E-state index contributed by atoms with van der Waals surface area (Å²) in [4.78, 5) is 28.4. The van der Waals surface area contributed by atoms with E-state index in [0.717, 1.165) is 0 Å². The van der Waals surface area contributed by atoms with E-state index in [-0.39, 0.29) is 29.2 Å². The minimum Gasteiger partial charge on any atom is -0.472 e. The Balaban J connectivity index is 1.85. The van der Waals surface area contributed by atoms with Gasteiger partial charge in [0, 0.05) is 19.5 Å². The van der Waals surface area contributed by atoms with Gasteiger partial charge in [-0.05, 0) is 12.0 Å². The van der Waals surface area contributed by atoms with Crippen molar-refractivity contribution in [3.8, 4) is 0 Å². The molecule has 1 aromatic rings. The quantitative estimate of drug-likeness (QED) is 0.800. The third-order valence-corrected chi connectivity index (χ3v) is 6.31. The summed E-state index contributed by atoms with van der Waals surface area (Å²) >= 11 is 0. The predicted molar refractivity (Wildman–Crippen MR) is 87.1 cm³/mol. The third-order valence-electron chi connectivity index (χ3n) is 4.61. The van der Waals surface area contributed by atoms with E-state index < -0.39 is 21.9 Å². The maximum Gasteiger partial charge on any atom is 0.257 e. The van der Waals surface area contributed by atoms with Crippen molar-refractivity contribution in [1.82, 2.24) is 9.80 Å². The molecule has 0 aromatic carbocycles. The van der Waals surface area contributed by atoms with Crippen molar-refractivity contribution < 1.29 is 22.4 Å². The van der Waals surface area contributed by atoms with Crippen LogP contribution in [0, 0.1) is 5.92 Å². The van der Waals surface area contributed by atoms with Gasteiger partial charge in [0.1, 0.15) is 6.26 Å². The molecule has 3 heterocycles. The fourth-order valence-corrected chi connectivity index (χ4v) is 5.51. The van der Waals surface area contributed by atoms with E-state index in [0.29, 0.717) is 25.1 Å². The molecule has 132 valence electrons. The zero-order chi connectivity index (χ0) is 17.5. The highest BCUT2D eigenvalue weighted by Crippen LogP contribution is 2.29. The van der Waals surface area contributed by atoms with E-state index in [1.807, 2.05) is 13.8 Å². The van der Waals surface area contributed by atoms with Crippen LogP contribution in [0.3, 0.4) is 0 Å². The van der Waals surface area contributed by atoms with Crippen LogP contribution in [0.2, 0.25) is 0 Å². The first kappa shape index (κ1) is 17.0. The van der Waals surface area contributed by atoms with E-state index in [4.69, 9.17) is 4.42 Å². The maximum atomic E-state index is 12.6. The van der Waals surface area contributed by atoms with Gasteiger partial charge in [0.2, 0.25) is 5.91 Å². The highest BCUT2D eigenvalue weighted by Gasteiger charge is 2.49. The lowest BCUT2D eigenvalue weighted by Crippen LogP contribution is -2.62. The zero-order valence-corrected chi connectivity index (χ0v) is 14.7. The zero-order valence-electron chi connectivity index (χ0n) is 13.8. The van der Waals surface area contributed by atoms with E-state index in [1.165, 1.54) is 12.5 Å². The predicted octanol–water partition coefficient (Wildman–Crippen LogP) is 0.776. The van der Waals surface area contributed by atoms with Gasteiger partial charge >= 0.3 is 0 Å². The molecule has 8 heteroatoms. The van der Waals surface area contributed by atoms with Crippen molar-refractivity contribution >= 4 is 21.7 Å². The summed E-state index contributed by atoms with van der Waals surface area (Å²) in [6.45, 7) is 4.62. The van der Waals surface area contributed by atoms with Gasteiger partial charge in [-0.1, -0.05) is 13.8 Å². The lowest BCUT2D eigenvalue weighted by atomic mass is 10.0. The molecule has 0 bridgehead atoms. The molecule has 2 fully saturated rings. The molecule has 0 unspecified atom stereocenters. The fourth-order valence-electron chi connectivity index (χ4n) is 3.53. The topological polar surface area (TPSA) is 87.9 Å². The van der Waals surface area contributed by atoms with Crippen molar-refractivity contribution in [2.75, 3.05) is 24.6 Å². The summed E-state index contributed by atoms with van der Waals surface area (Å²) in [6.07, 6.45) is 3.16. The smallest absolute Gasteiger partial charge is 0.257 e. The molecule has 7 nitrogen and oxygen atoms in total. The number of carbonyl (C=O) groups excluding carboxylic acids is 2. The van der Waals surface area contributed by atoms with E-state index >= 15 is 0 Å². The van der Waals surface area contributed by atoms with Crippen molar-refractivity contribution in [3.63, 3.8) is 0 Å². The molecule has 2 aliphatic rings. The molecule has 0 spiro atoms. The summed E-state index contributed by atoms with van der Waals surface area (Å²) in [5, 5.41) is 0. The summed E-state index contributed by atoms with van der Waals surface area (Å²) in [6, 6.07) is 0.630. The number of nitrogens with zero attached hydrogens (tertiary/aromatic N) is 2. The Labute approximate surface area is 141 Å². The third kappa shape index (κ3) is 3.19. The molecule has 0 radical (unpaired) electrons. The molecule has 2 amide bonds. The normalized spacial score (nSPS) is 25.8. The van der Waals surface area contributed by atoms with E-state index in [1.54, 1.807) is 15.9 Å². The van der Waals surface area contributed by atoms with Gasteiger partial charge in [-0.15, -0.1) is 0 Å². The number of furan rings is 1. The number of fused-ring (bicyclic) bond motifs is 1. The first-order chi connectivity index (χ1) is 11.3. The van der Waals surface area contributed by atoms with Gasteiger partial charge < -0.3 is 14.2 Å². The molecule has 2 aliphatic heterocycles. The highest BCUT2D eigenvalue weighted by atomic mass is 32.2. The number of amides is 2. The molecule has 0 N–H and O–H groups in total. The Morgan fingerprint density at radius 3 is 2.42 bits per heavy atom. The average Bonchev–Trinajstić information content (AvgIpc) is 3.10. The maximum absolute atomic E-state index is 12.6. The SMILES string of the molecule is CC(C)CC(=O)N1CCN(C(=O)c2ccoc2)[C@@H]2CS(=O)(=O)C[C@@H]21. The van der Waals surface area contributed by atoms with Crippen molar-refractivity contribution in [1.29, 1.82) is 0 Å². The van der Waals surface area contributed by atoms with Crippen LogP contribution in [-0.2, 0) is 14.6 Å². The number of hydrogen-bond acceptors (Lipinski definition) is 5. The molecule has 3 rings (SSSR count). The largest absolute Gasteiger partial charge is 0.472 e. The summed E-state index contributed by atoms with van der Waals surface area (Å²) < 4.78 is 29.2. The second-order valence-corrected chi connectivity index (χ2v) is 9.06. The lowest BCUT2D eigenvalue weighted by molar-refractivity contribution is -0.137. The van der Waals surface area contributed by atoms with Gasteiger partial charge in [-0.2, -0.15) is 0 Å².